The molecular weight excluding hydrogens is 425 g/mol. The van der Waals surface area contributed by atoms with Crippen molar-refractivity contribution in [2.24, 2.45) is 5.73 Å². The van der Waals surface area contributed by atoms with E-state index < -0.39 is 28.9 Å². The van der Waals surface area contributed by atoms with Gasteiger partial charge in [0, 0.05) is 29.6 Å². The van der Waals surface area contributed by atoms with Gasteiger partial charge in [-0.05, 0) is 18.2 Å². The van der Waals surface area contributed by atoms with E-state index in [0.717, 1.165) is 27.3 Å². The van der Waals surface area contributed by atoms with Gasteiger partial charge in [0.1, 0.15) is 0 Å². The predicted molar refractivity (Wildman–Crippen MR) is 112 cm³/mol. The molecule has 162 valence electrons. The third-order valence-corrected chi connectivity index (χ3v) is 4.93. The molecule has 2 aromatic carbocycles. The molecule has 4 rings (SSSR count). The Hall–Kier alpha value is -4.21. The molecule has 0 radical (unpaired) electrons. The molecular formula is C22H15F3N4O3. The van der Waals surface area contributed by atoms with Crippen LogP contribution in [-0.4, -0.2) is 20.0 Å². The number of fused-ring (bicyclic) bond motifs is 2. The highest BCUT2D eigenvalue weighted by molar-refractivity contribution is 5.90. The molecule has 0 spiro atoms. The molecule has 0 saturated heterocycles. The molecule has 0 atom stereocenters. The fourth-order valence-corrected chi connectivity index (χ4v) is 3.49. The fraction of sp³-hybridized carbons (Fsp3) is 0.0909. The van der Waals surface area contributed by atoms with E-state index in [0.29, 0.717) is 16.8 Å². The first-order valence-corrected chi connectivity index (χ1v) is 9.34. The lowest BCUT2D eigenvalue weighted by Crippen LogP contribution is -2.39. The number of alkyl halides is 3. The van der Waals surface area contributed by atoms with Crippen LogP contribution in [0.3, 0.4) is 0 Å². The third kappa shape index (κ3) is 3.66. The summed E-state index contributed by atoms with van der Waals surface area (Å²) in [5.41, 5.74) is 2.47. The van der Waals surface area contributed by atoms with Gasteiger partial charge in [-0.15, -0.1) is 0 Å². The van der Waals surface area contributed by atoms with Crippen molar-refractivity contribution in [2.75, 3.05) is 0 Å². The number of halogens is 3. The van der Waals surface area contributed by atoms with Gasteiger partial charge in [0.05, 0.1) is 28.4 Å². The molecule has 0 fully saturated rings. The Bertz CT molecular complexity index is 1510. The molecule has 2 aromatic heterocycles. The number of hydrogen-bond acceptors (Lipinski definition) is 4. The van der Waals surface area contributed by atoms with Gasteiger partial charge in [0.2, 0.25) is 5.91 Å². The minimum absolute atomic E-state index is 0.00781. The van der Waals surface area contributed by atoms with Gasteiger partial charge in [-0.2, -0.15) is 13.2 Å². The SMILES string of the molecule is NC(=O)/C=C/Cn1c(=O)n(-c2cncc3ccccc23)c(=O)c2cc(C(F)(F)F)ccc21. The molecule has 32 heavy (non-hydrogen) atoms. The molecule has 2 heterocycles. The average Bonchev–Trinajstić information content (AvgIpc) is 2.75. The van der Waals surface area contributed by atoms with Crippen LogP contribution in [0.4, 0.5) is 13.2 Å². The summed E-state index contributed by atoms with van der Waals surface area (Å²) in [5.74, 6) is -0.756. The topological polar surface area (TPSA) is 100.0 Å². The number of allylic oxidation sites excluding steroid dienone is 1. The quantitative estimate of drug-likeness (QED) is 0.493. The van der Waals surface area contributed by atoms with E-state index in [9.17, 15) is 27.6 Å². The van der Waals surface area contributed by atoms with E-state index >= 15 is 0 Å². The van der Waals surface area contributed by atoms with Gasteiger partial charge in [0.25, 0.3) is 5.56 Å². The van der Waals surface area contributed by atoms with E-state index in [1.54, 1.807) is 30.5 Å². The van der Waals surface area contributed by atoms with Crippen molar-refractivity contribution in [2.45, 2.75) is 12.7 Å². The molecule has 0 aliphatic heterocycles. The van der Waals surface area contributed by atoms with Crippen LogP contribution in [0.15, 0.2) is 76.6 Å². The first-order valence-electron chi connectivity index (χ1n) is 9.34. The Morgan fingerprint density at radius 3 is 2.53 bits per heavy atom. The zero-order chi connectivity index (χ0) is 23.0. The van der Waals surface area contributed by atoms with Gasteiger partial charge < -0.3 is 5.73 Å². The first kappa shape index (κ1) is 21.0. The zero-order valence-corrected chi connectivity index (χ0v) is 16.3. The third-order valence-electron chi connectivity index (χ3n) is 4.93. The lowest BCUT2D eigenvalue weighted by Gasteiger charge is -2.15. The molecule has 0 aliphatic rings. The van der Waals surface area contributed by atoms with Crippen LogP contribution in [0.2, 0.25) is 0 Å². The maximum atomic E-state index is 13.3. The number of hydrogen-bond donors (Lipinski definition) is 1. The second-order valence-electron chi connectivity index (χ2n) is 6.95. The summed E-state index contributed by atoms with van der Waals surface area (Å²) in [5, 5.41) is 0.854. The summed E-state index contributed by atoms with van der Waals surface area (Å²) in [4.78, 5) is 41.7. The molecule has 4 aromatic rings. The van der Waals surface area contributed by atoms with Gasteiger partial charge in [-0.1, -0.05) is 30.3 Å². The predicted octanol–water partition coefficient (Wildman–Crippen LogP) is 2.76. The number of nitrogens with two attached hydrogens (primary N) is 1. The Morgan fingerprint density at radius 2 is 1.81 bits per heavy atom. The van der Waals surface area contributed by atoms with Crippen LogP contribution in [0.1, 0.15) is 5.56 Å². The molecule has 10 heteroatoms. The number of pyridine rings is 1. The number of carbonyl (C=O) groups is 1. The Balaban J connectivity index is 2.11. The van der Waals surface area contributed by atoms with Gasteiger partial charge in [-0.25, -0.2) is 9.36 Å². The largest absolute Gasteiger partial charge is 0.416 e. The van der Waals surface area contributed by atoms with Crippen LogP contribution in [0.5, 0.6) is 0 Å². The van der Waals surface area contributed by atoms with Crippen molar-refractivity contribution >= 4 is 27.6 Å². The van der Waals surface area contributed by atoms with Crippen molar-refractivity contribution in [3.63, 3.8) is 0 Å². The molecule has 0 saturated carbocycles. The maximum Gasteiger partial charge on any atom is 0.416 e. The molecule has 7 nitrogen and oxygen atoms in total. The van der Waals surface area contributed by atoms with Crippen LogP contribution >= 0.6 is 0 Å². The molecule has 0 aliphatic carbocycles. The number of carbonyl (C=O) groups excluding carboxylic acids is 1. The van der Waals surface area contributed by atoms with Crippen molar-refractivity contribution in [1.82, 2.24) is 14.1 Å². The molecule has 0 bridgehead atoms. The second kappa shape index (κ2) is 7.80. The van der Waals surface area contributed by atoms with Crippen molar-refractivity contribution in [3.8, 4) is 5.69 Å². The summed E-state index contributed by atoms with van der Waals surface area (Å²) in [6, 6.07) is 9.41. The fourth-order valence-electron chi connectivity index (χ4n) is 3.49. The van der Waals surface area contributed by atoms with Gasteiger partial charge in [0.15, 0.2) is 0 Å². The second-order valence-corrected chi connectivity index (χ2v) is 6.95. The van der Waals surface area contributed by atoms with E-state index in [2.05, 4.69) is 4.98 Å². The number of benzene rings is 2. The van der Waals surface area contributed by atoms with E-state index in [-0.39, 0.29) is 23.1 Å². The summed E-state index contributed by atoms with van der Waals surface area (Å²) >= 11 is 0. The number of amides is 1. The highest BCUT2D eigenvalue weighted by Crippen LogP contribution is 2.30. The Labute approximate surface area is 177 Å². The van der Waals surface area contributed by atoms with Gasteiger partial charge >= 0.3 is 11.9 Å². The van der Waals surface area contributed by atoms with Crippen LogP contribution in [0, 0.1) is 0 Å². The highest BCUT2D eigenvalue weighted by Gasteiger charge is 2.31. The van der Waals surface area contributed by atoms with Crippen molar-refractivity contribution in [1.29, 1.82) is 0 Å². The number of rotatable bonds is 4. The summed E-state index contributed by atoms with van der Waals surface area (Å²) in [6.45, 7) is -0.192. The smallest absolute Gasteiger partial charge is 0.366 e. The lowest BCUT2D eigenvalue weighted by molar-refractivity contribution is -0.137. The molecule has 0 unspecified atom stereocenters. The summed E-state index contributed by atoms with van der Waals surface area (Å²) < 4.78 is 41.8. The number of nitrogens with zero attached hydrogens (tertiary/aromatic N) is 3. The van der Waals surface area contributed by atoms with E-state index in [4.69, 9.17) is 5.73 Å². The van der Waals surface area contributed by atoms with Crippen LogP contribution in [-0.2, 0) is 17.5 Å². The summed E-state index contributed by atoms with van der Waals surface area (Å²) in [6.07, 6.45) is 0.475. The van der Waals surface area contributed by atoms with E-state index in [1.165, 1.54) is 12.3 Å². The molecule has 1 amide bonds. The number of primary amides is 1. The average molecular weight is 440 g/mol. The maximum absolute atomic E-state index is 13.3. The minimum Gasteiger partial charge on any atom is -0.366 e. The summed E-state index contributed by atoms with van der Waals surface area (Å²) in [7, 11) is 0. The Kier molecular flexibility index (Phi) is 5.13. The van der Waals surface area contributed by atoms with Gasteiger partial charge in [-0.3, -0.25) is 19.1 Å². The highest BCUT2D eigenvalue weighted by atomic mass is 19.4. The first-order chi connectivity index (χ1) is 15.2. The Morgan fingerprint density at radius 1 is 1.06 bits per heavy atom. The van der Waals surface area contributed by atoms with E-state index in [1.807, 2.05) is 0 Å². The standard InChI is InChI=1S/C22H15F3N4O3/c23-22(24,25)14-7-8-17-16(10-14)20(31)29(21(32)28(17)9-3-6-19(26)30)18-12-27-11-13-4-1-2-5-15(13)18/h1-8,10-12H,9H2,(H2,26,30)/b6-3+. The normalized spacial score (nSPS) is 12.1. The minimum atomic E-state index is -4.68. The molecule has 2 N–H and O–H groups in total. The lowest BCUT2D eigenvalue weighted by atomic mass is 10.1. The number of aromatic nitrogens is 3. The zero-order valence-electron chi connectivity index (χ0n) is 16.3. The van der Waals surface area contributed by atoms with Crippen molar-refractivity contribution in [3.05, 3.63) is 93.4 Å². The van der Waals surface area contributed by atoms with Crippen LogP contribution in [0.25, 0.3) is 27.4 Å². The monoisotopic (exact) mass is 440 g/mol. The van der Waals surface area contributed by atoms with Crippen LogP contribution < -0.4 is 17.0 Å². The van der Waals surface area contributed by atoms with Crippen molar-refractivity contribution < 1.29 is 18.0 Å².